The van der Waals surface area contributed by atoms with Crippen molar-refractivity contribution in [2.75, 3.05) is 6.54 Å². The maximum absolute atomic E-state index is 12.2. The molecule has 1 fully saturated rings. The van der Waals surface area contributed by atoms with Gasteiger partial charge in [-0.2, -0.15) is 0 Å². The number of nitrogens with zero attached hydrogens (tertiary/aromatic N) is 1. The zero-order chi connectivity index (χ0) is 12.3. The molecule has 0 unspecified atom stereocenters. The van der Waals surface area contributed by atoms with Gasteiger partial charge in [0, 0.05) is 6.54 Å². The highest BCUT2D eigenvalue weighted by Gasteiger charge is 2.41. The highest BCUT2D eigenvalue weighted by Crippen LogP contribution is 2.23. The minimum Gasteiger partial charge on any atom is -0.480 e. The third-order valence-electron chi connectivity index (χ3n) is 3.49. The monoisotopic (exact) mass is 228 g/mol. The van der Waals surface area contributed by atoms with Crippen LogP contribution >= 0.6 is 0 Å². The molecule has 1 aliphatic rings. The lowest BCUT2D eigenvalue weighted by molar-refractivity contribution is -0.150. The molecule has 0 spiro atoms. The SMILES string of the molecule is CCC(N)(CC)C(=O)N1CCC[C@H]1C(=O)O. The van der Waals surface area contributed by atoms with Gasteiger partial charge in [0.25, 0.3) is 0 Å². The van der Waals surface area contributed by atoms with Gasteiger partial charge in [-0.1, -0.05) is 13.8 Å². The van der Waals surface area contributed by atoms with Gasteiger partial charge in [0.15, 0.2) is 0 Å². The number of hydrogen-bond acceptors (Lipinski definition) is 3. The van der Waals surface area contributed by atoms with Gasteiger partial charge in [0.05, 0.1) is 5.54 Å². The molecule has 0 radical (unpaired) electrons. The zero-order valence-corrected chi connectivity index (χ0v) is 9.90. The van der Waals surface area contributed by atoms with Crippen LogP contribution in [0.4, 0.5) is 0 Å². The second-order valence-corrected chi connectivity index (χ2v) is 4.36. The molecule has 1 atom stereocenters. The van der Waals surface area contributed by atoms with Crippen LogP contribution in [0.15, 0.2) is 0 Å². The van der Waals surface area contributed by atoms with Crippen molar-refractivity contribution >= 4 is 11.9 Å². The second kappa shape index (κ2) is 4.82. The molecule has 0 aliphatic carbocycles. The number of carboxylic acid groups (broad SMARTS) is 1. The standard InChI is InChI=1S/C11H20N2O3/c1-3-11(12,4-2)10(16)13-7-5-6-8(13)9(14)15/h8H,3-7,12H2,1-2H3,(H,14,15)/t8-/m0/s1. The van der Waals surface area contributed by atoms with Gasteiger partial charge in [-0.3, -0.25) is 4.79 Å². The Bertz CT molecular complexity index is 287. The fraction of sp³-hybridized carbons (Fsp3) is 0.818. The Hall–Kier alpha value is -1.10. The third-order valence-corrected chi connectivity index (χ3v) is 3.49. The summed E-state index contributed by atoms with van der Waals surface area (Å²) in [6.07, 6.45) is 2.34. The van der Waals surface area contributed by atoms with Gasteiger partial charge in [0.1, 0.15) is 6.04 Å². The summed E-state index contributed by atoms with van der Waals surface area (Å²) in [4.78, 5) is 24.6. The summed E-state index contributed by atoms with van der Waals surface area (Å²) in [5.41, 5.74) is 5.09. The molecular formula is C11H20N2O3. The number of carboxylic acids is 1. The fourth-order valence-electron chi connectivity index (χ4n) is 2.10. The summed E-state index contributed by atoms with van der Waals surface area (Å²) in [5.74, 6) is -1.15. The van der Waals surface area contributed by atoms with E-state index in [4.69, 9.17) is 10.8 Å². The summed E-state index contributed by atoms with van der Waals surface area (Å²) >= 11 is 0. The number of carbonyl (C=O) groups excluding carboxylic acids is 1. The smallest absolute Gasteiger partial charge is 0.326 e. The molecular weight excluding hydrogens is 208 g/mol. The molecule has 1 rings (SSSR count). The molecule has 1 amide bonds. The fourth-order valence-corrected chi connectivity index (χ4v) is 2.10. The highest BCUT2D eigenvalue weighted by atomic mass is 16.4. The Balaban J connectivity index is 2.84. The van der Waals surface area contributed by atoms with Crippen LogP contribution in [0.1, 0.15) is 39.5 Å². The Morgan fingerprint density at radius 1 is 1.44 bits per heavy atom. The van der Waals surface area contributed by atoms with E-state index in [0.717, 1.165) is 6.42 Å². The summed E-state index contributed by atoms with van der Waals surface area (Å²) in [6.45, 7) is 4.22. The van der Waals surface area contributed by atoms with Crippen molar-refractivity contribution in [1.29, 1.82) is 0 Å². The maximum atomic E-state index is 12.2. The Labute approximate surface area is 95.6 Å². The quantitative estimate of drug-likeness (QED) is 0.737. The van der Waals surface area contributed by atoms with Crippen molar-refractivity contribution in [3.05, 3.63) is 0 Å². The molecule has 0 aromatic carbocycles. The molecule has 0 aromatic heterocycles. The summed E-state index contributed by atoms with van der Waals surface area (Å²) in [6, 6.07) is -0.687. The summed E-state index contributed by atoms with van der Waals surface area (Å²) < 4.78 is 0. The number of aliphatic carboxylic acids is 1. The Morgan fingerprint density at radius 3 is 2.44 bits per heavy atom. The Kier molecular flexibility index (Phi) is 3.91. The van der Waals surface area contributed by atoms with Crippen LogP contribution in [0, 0.1) is 0 Å². The molecule has 92 valence electrons. The molecule has 1 aliphatic heterocycles. The largest absolute Gasteiger partial charge is 0.480 e. The van der Waals surface area contributed by atoms with Crippen LogP contribution in [-0.4, -0.2) is 40.0 Å². The van der Waals surface area contributed by atoms with E-state index in [9.17, 15) is 9.59 Å². The first-order chi connectivity index (χ1) is 7.46. The average molecular weight is 228 g/mol. The van der Waals surface area contributed by atoms with E-state index >= 15 is 0 Å². The number of amides is 1. The lowest BCUT2D eigenvalue weighted by Crippen LogP contribution is -2.56. The summed E-state index contributed by atoms with van der Waals surface area (Å²) in [5, 5.41) is 9.01. The minimum absolute atomic E-state index is 0.220. The number of hydrogen-bond donors (Lipinski definition) is 2. The topological polar surface area (TPSA) is 83.6 Å². The first-order valence-electron chi connectivity index (χ1n) is 5.79. The van der Waals surface area contributed by atoms with Gasteiger partial charge in [0.2, 0.25) is 5.91 Å². The lowest BCUT2D eigenvalue weighted by Gasteiger charge is -2.32. The van der Waals surface area contributed by atoms with Gasteiger partial charge >= 0.3 is 5.97 Å². The number of likely N-dealkylation sites (tertiary alicyclic amines) is 1. The first kappa shape index (κ1) is 13.0. The van der Waals surface area contributed by atoms with E-state index in [-0.39, 0.29) is 5.91 Å². The van der Waals surface area contributed by atoms with Crippen molar-refractivity contribution in [1.82, 2.24) is 4.90 Å². The normalized spacial score (nSPS) is 21.2. The van der Waals surface area contributed by atoms with Crippen LogP contribution in [0.2, 0.25) is 0 Å². The predicted octanol–water partition coefficient (Wildman–Crippen LogP) is 0.579. The van der Waals surface area contributed by atoms with Gasteiger partial charge in [-0.15, -0.1) is 0 Å². The lowest BCUT2D eigenvalue weighted by atomic mass is 9.92. The average Bonchev–Trinajstić information content (AvgIpc) is 2.75. The van der Waals surface area contributed by atoms with Crippen molar-refractivity contribution in [2.24, 2.45) is 5.73 Å². The highest BCUT2D eigenvalue weighted by molar-refractivity contribution is 5.90. The second-order valence-electron chi connectivity index (χ2n) is 4.36. The van der Waals surface area contributed by atoms with Crippen LogP contribution in [-0.2, 0) is 9.59 Å². The van der Waals surface area contributed by atoms with E-state index in [0.29, 0.717) is 25.8 Å². The van der Waals surface area contributed by atoms with E-state index in [2.05, 4.69) is 0 Å². The van der Waals surface area contributed by atoms with Gasteiger partial charge in [-0.05, 0) is 25.7 Å². The summed E-state index contributed by atoms with van der Waals surface area (Å²) in [7, 11) is 0. The van der Waals surface area contributed by atoms with Crippen molar-refractivity contribution in [3.63, 3.8) is 0 Å². The van der Waals surface area contributed by atoms with E-state index < -0.39 is 17.6 Å². The van der Waals surface area contributed by atoms with Crippen molar-refractivity contribution in [2.45, 2.75) is 51.1 Å². The maximum Gasteiger partial charge on any atom is 0.326 e. The molecule has 0 aromatic rings. The van der Waals surface area contributed by atoms with Gasteiger partial charge < -0.3 is 15.7 Å². The van der Waals surface area contributed by atoms with Crippen LogP contribution in [0.3, 0.4) is 0 Å². The molecule has 16 heavy (non-hydrogen) atoms. The number of rotatable bonds is 4. The molecule has 5 heteroatoms. The first-order valence-corrected chi connectivity index (χ1v) is 5.79. The van der Waals surface area contributed by atoms with Crippen LogP contribution < -0.4 is 5.73 Å². The molecule has 0 bridgehead atoms. The zero-order valence-electron chi connectivity index (χ0n) is 9.90. The Morgan fingerprint density at radius 2 is 2.00 bits per heavy atom. The molecule has 5 nitrogen and oxygen atoms in total. The number of carbonyl (C=O) groups is 2. The van der Waals surface area contributed by atoms with E-state index in [1.807, 2.05) is 13.8 Å². The van der Waals surface area contributed by atoms with E-state index in [1.54, 1.807) is 0 Å². The molecule has 1 heterocycles. The van der Waals surface area contributed by atoms with Crippen LogP contribution in [0.25, 0.3) is 0 Å². The van der Waals surface area contributed by atoms with E-state index in [1.165, 1.54) is 4.90 Å². The van der Waals surface area contributed by atoms with Crippen LogP contribution in [0.5, 0.6) is 0 Å². The molecule has 3 N–H and O–H groups in total. The molecule has 0 saturated carbocycles. The predicted molar refractivity (Wildman–Crippen MR) is 59.9 cm³/mol. The minimum atomic E-state index is -0.930. The van der Waals surface area contributed by atoms with Gasteiger partial charge in [-0.25, -0.2) is 4.79 Å². The molecule has 1 saturated heterocycles. The van der Waals surface area contributed by atoms with Crippen molar-refractivity contribution in [3.8, 4) is 0 Å². The number of nitrogens with two attached hydrogens (primary N) is 1. The third kappa shape index (κ3) is 2.19. The van der Waals surface area contributed by atoms with Crippen molar-refractivity contribution < 1.29 is 14.7 Å².